The standard InChI is InChI=1S/C23H20ClN5O2S/c1-14-5-6-15(12-17(14)24)28-8-10-29(11-9-28)23(31)16-13-32-20-19(16)26-21(27-22(20)30)18-4-2-3-7-25-18/h2-7,12-13H,8-11H2,1H3,(H,26,27,30). The molecular weight excluding hydrogens is 446 g/mol. The summed E-state index contributed by atoms with van der Waals surface area (Å²) in [6.45, 7) is 4.56. The zero-order valence-electron chi connectivity index (χ0n) is 17.3. The second kappa shape index (κ2) is 8.37. The van der Waals surface area contributed by atoms with Crippen molar-refractivity contribution in [2.45, 2.75) is 6.92 Å². The van der Waals surface area contributed by atoms with Crippen LogP contribution in [0.5, 0.6) is 0 Å². The second-order valence-corrected chi connectivity index (χ2v) is 8.96. The van der Waals surface area contributed by atoms with Gasteiger partial charge in [-0.15, -0.1) is 11.3 Å². The maximum atomic E-state index is 13.3. The first-order valence-corrected chi connectivity index (χ1v) is 11.5. The molecule has 32 heavy (non-hydrogen) atoms. The summed E-state index contributed by atoms with van der Waals surface area (Å²) in [6.07, 6.45) is 1.64. The highest BCUT2D eigenvalue weighted by atomic mass is 35.5. The van der Waals surface area contributed by atoms with Gasteiger partial charge >= 0.3 is 0 Å². The zero-order valence-corrected chi connectivity index (χ0v) is 18.9. The van der Waals surface area contributed by atoms with Crippen LogP contribution in [0.4, 0.5) is 5.69 Å². The van der Waals surface area contributed by atoms with Crippen LogP contribution >= 0.6 is 22.9 Å². The molecular formula is C23H20ClN5O2S. The summed E-state index contributed by atoms with van der Waals surface area (Å²) < 4.78 is 0.445. The maximum Gasteiger partial charge on any atom is 0.269 e. The van der Waals surface area contributed by atoms with Gasteiger partial charge in [0.2, 0.25) is 0 Å². The van der Waals surface area contributed by atoms with Crippen LogP contribution in [0, 0.1) is 6.92 Å². The van der Waals surface area contributed by atoms with Gasteiger partial charge in [-0.1, -0.05) is 23.7 Å². The van der Waals surface area contributed by atoms with Gasteiger partial charge in [0.15, 0.2) is 5.82 Å². The molecule has 0 saturated carbocycles. The Morgan fingerprint density at radius 3 is 2.69 bits per heavy atom. The summed E-state index contributed by atoms with van der Waals surface area (Å²) in [7, 11) is 0. The molecule has 0 aliphatic carbocycles. The number of aromatic nitrogens is 3. The zero-order chi connectivity index (χ0) is 22.2. The third-order valence-electron chi connectivity index (χ3n) is 5.65. The van der Waals surface area contributed by atoms with E-state index in [0.29, 0.717) is 53.5 Å². The smallest absolute Gasteiger partial charge is 0.269 e. The molecule has 0 radical (unpaired) electrons. The largest absolute Gasteiger partial charge is 0.368 e. The van der Waals surface area contributed by atoms with Gasteiger partial charge in [-0.25, -0.2) is 4.98 Å². The number of H-pyrrole nitrogens is 1. The molecule has 0 atom stereocenters. The number of aryl methyl sites for hydroxylation is 1. The van der Waals surface area contributed by atoms with Crippen molar-refractivity contribution >= 4 is 44.7 Å². The van der Waals surface area contributed by atoms with Gasteiger partial charge in [0.05, 0.1) is 5.56 Å². The molecule has 7 nitrogen and oxygen atoms in total. The Morgan fingerprint density at radius 2 is 1.97 bits per heavy atom. The summed E-state index contributed by atoms with van der Waals surface area (Å²) in [6, 6.07) is 11.4. The molecule has 9 heteroatoms. The molecule has 0 spiro atoms. The van der Waals surface area contributed by atoms with E-state index in [2.05, 4.69) is 25.9 Å². The van der Waals surface area contributed by atoms with Gasteiger partial charge in [0.25, 0.3) is 11.5 Å². The fourth-order valence-corrected chi connectivity index (χ4v) is 4.87. The fourth-order valence-electron chi connectivity index (χ4n) is 3.82. The molecule has 3 aromatic heterocycles. The van der Waals surface area contributed by atoms with E-state index in [1.807, 2.05) is 30.0 Å². The third-order valence-corrected chi connectivity index (χ3v) is 7.03. The number of carbonyl (C=O) groups is 1. The van der Waals surface area contributed by atoms with E-state index in [-0.39, 0.29) is 11.5 Å². The minimum absolute atomic E-state index is 0.108. The van der Waals surface area contributed by atoms with Crippen LogP contribution in [0.25, 0.3) is 21.7 Å². The van der Waals surface area contributed by atoms with E-state index < -0.39 is 0 Å². The molecule has 1 amide bonds. The first-order chi connectivity index (χ1) is 15.5. The Kier molecular flexibility index (Phi) is 5.40. The number of amides is 1. The van der Waals surface area contributed by atoms with Gasteiger partial charge in [-0.05, 0) is 36.8 Å². The Balaban J connectivity index is 1.39. The number of thiophene rings is 1. The van der Waals surface area contributed by atoms with E-state index in [0.717, 1.165) is 16.3 Å². The highest BCUT2D eigenvalue weighted by molar-refractivity contribution is 7.17. The lowest BCUT2D eigenvalue weighted by Crippen LogP contribution is -2.48. The monoisotopic (exact) mass is 465 g/mol. The maximum absolute atomic E-state index is 13.3. The SMILES string of the molecule is Cc1ccc(N2CCN(C(=O)c3csc4c(=O)[nH]c(-c5ccccn5)nc34)CC2)cc1Cl. The molecule has 1 saturated heterocycles. The molecule has 4 heterocycles. The number of carbonyl (C=O) groups excluding carboxylic acids is 1. The first kappa shape index (κ1) is 20.7. The Morgan fingerprint density at radius 1 is 1.16 bits per heavy atom. The summed E-state index contributed by atoms with van der Waals surface area (Å²) in [5.41, 5.74) is 3.28. The van der Waals surface area contributed by atoms with E-state index in [9.17, 15) is 9.59 Å². The lowest BCUT2D eigenvalue weighted by atomic mass is 10.1. The molecule has 1 aliphatic rings. The number of benzene rings is 1. The van der Waals surface area contributed by atoms with Crippen LogP contribution in [-0.2, 0) is 0 Å². The fraction of sp³-hybridized carbons (Fsp3) is 0.217. The Hall–Kier alpha value is -3.23. The number of pyridine rings is 1. The van der Waals surface area contributed by atoms with Gasteiger partial charge < -0.3 is 14.8 Å². The van der Waals surface area contributed by atoms with Crippen LogP contribution in [0.2, 0.25) is 5.02 Å². The minimum atomic E-state index is -0.263. The quantitative estimate of drug-likeness (QED) is 0.495. The van der Waals surface area contributed by atoms with Crippen LogP contribution in [0.1, 0.15) is 15.9 Å². The van der Waals surface area contributed by atoms with Crippen LogP contribution in [-0.4, -0.2) is 51.9 Å². The summed E-state index contributed by atoms with van der Waals surface area (Å²) in [4.78, 5) is 41.5. The highest BCUT2D eigenvalue weighted by Crippen LogP contribution is 2.27. The number of piperazine rings is 1. The van der Waals surface area contributed by atoms with Crippen LogP contribution < -0.4 is 10.5 Å². The number of aromatic amines is 1. The average molecular weight is 466 g/mol. The summed E-state index contributed by atoms with van der Waals surface area (Å²) in [5, 5.41) is 2.47. The number of rotatable bonds is 3. The van der Waals surface area contributed by atoms with Crippen molar-refractivity contribution in [1.82, 2.24) is 19.9 Å². The number of nitrogens with one attached hydrogen (secondary N) is 1. The lowest BCUT2D eigenvalue weighted by Gasteiger charge is -2.36. The van der Waals surface area contributed by atoms with Crippen molar-refractivity contribution in [3.8, 4) is 11.5 Å². The third kappa shape index (κ3) is 3.76. The van der Waals surface area contributed by atoms with Crippen molar-refractivity contribution in [2.24, 2.45) is 0 Å². The second-order valence-electron chi connectivity index (χ2n) is 7.67. The Labute approximate surface area is 193 Å². The van der Waals surface area contributed by atoms with Gasteiger partial charge in [-0.2, -0.15) is 0 Å². The first-order valence-electron chi connectivity index (χ1n) is 10.2. The van der Waals surface area contributed by atoms with Crippen LogP contribution in [0.15, 0.2) is 52.8 Å². The van der Waals surface area contributed by atoms with Crippen molar-refractivity contribution in [2.75, 3.05) is 31.1 Å². The normalized spacial score (nSPS) is 14.2. The number of halogens is 1. The number of hydrogen-bond donors (Lipinski definition) is 1. The van der Waals surface area contributed by atoms with Gasteiger partial charge in [0.1, 0.15) is 15.9 Å². The van der Waals surface area contributed by atoms with Crippen molar-refractivity contribution in [3.05, 3.63) is 74.5 Å². The van der Waals surface area contributed by atoms with Gasteiger partial charge in [0, 0.05) is 48.5 Å². The predicted molar refractivity (Wildman–Crippen MR) is 128 cm³/mol. The van der Waals surface area contributed by atoms with E-state index >= 15 is 0 Å². The van der Waals surface area contributed by atoms with E-state index in [1.165, 1.54) is 11.3 Å². The molecule has 0 bridgehead atoms. The number of nitrogens with zero attached hydrogens (tertiary/aromatic N) is 4. The molecule has 4 aromatic rings. The van der Waals surface area contributed by atoms with E-state index in [4.69, 9.17) is 11.6 Å². The predicted octanol–water partition coefficient (Wildman–Crippen LogP) is 3.97. The molecule has 162 valence electrons. The topological polar surface area (TPSA) is 82.2 Å². The number of fused-ring (bicyclic) bond motifs is 1. The summed E-state index contributed by atoms with van der Waals surface area (Å²) >= 11 is 7.51. The average Bonchev–Trinajstić information content (AvgIpc) is 3.26. The molecule has 1 N–H and O–H groups in total. The van der Waals surface area contributed by atoms with Crippen molar-refractivity contribution in [3.63, 3.8) is 0 Å². The number of anilines is 1. The molecule has 5 rings (SSSR count). The van der Waals surface area contributed by atoms with Crippen molar-refractivity contribution in [1.29, 1.82) is 0 Å². The van der Waals surface area contributed by atoms with E-state index in [1.54, 1.807) is 23.7 Å². The minimum Gasteiger partial charge on any atom is -0.368 e. The van der Waals surface area contributed by atoms with Crippen LogP contribution in [0.3, 0.4) is 0 Å². The Bertz CT molecular complexity index is 1360. The number of hydrogen-bond acceptors (Lipinski definition) is 6. The molecule has 0 unspecified atom stereocenters. The van der Waals surface area contributed by atoms with Gasteiger partial charge in [-0.3, -0.25) is 14.6 Å². The lowest BCUT2D eigenvalue weighted by molar-refractivity contribution is 0.0749. The van der Waals surface area contributed by atoms with Crippen molar-refractivity contribution < 1.29 is 4.79 Å². The highest BCUT2D eigenvalue weighted by Gasteiger charge is 2.26. The molecule has 1 fully saturated rings. The molecule has 1 aromatic carbocycles. The molecule has 1 aliphatic heterocycles. The summed E-state index contributed by atoms with van der Waals surface area (Å²) in [5.74, 6) is 0.250.